The van der Waals surface area contributed by atoms with Crippen LogP contribution in [0.25, 0.3) is 0 Å². The molecule has 0 aliphatic carbocycles. The molecule has 0 saturated heterocycles. The van der Waals surface area contributed by atoms with Crippen molar-refractivity contribution in [3.05, 3.63) is 0 Å². The van der Waals surface area contributed by atoms with E-state index in [1.54, 1.807) is 0 Å². The molecule has 0 fully saturated rings. The monoisotopic (exact) mass is 418 g/mol. The molecule has 0 heterocycles. The largest absolute Gasteiger partial charge is 3.00 e. The molecule has 0 N–H and O–H groups in total. The van der Waals surface area contributed by atoms with Crippen LogP contribution in [-0.4, -0.2) is 75.5 Å². The smallest absolute Gasteiger partial charge is 2.00 e. The first-order chi connectivity index (χ1) is 0. The molecule has 0 saturated carbocycles. The van der Waals surface area contributed by atoms with E-state index in [9.17, 15) is 0 Å². The Balaban J connectivity index is 0. The Morgan fingerprint density at radius 1 is 0.333 bits per heavy atom. The zero-order valence-corrected chi connectivity index (χ0v) is 18.8. The van der Waals surface area contributed by atoms with Crippen molar-refractivity contribution in [1.82, 2.24) is 0 Å². The first-order valence-corrected chi connectivity index (χ1v) is 0. The van der Waals surface area contributed by atoms with Gasteiger partial charge in [-0.1, -0.05) is 0 Å². The maximum Gasteiger partial charge on any atom is 3.00 e. The molecule has 0 unspecified atom stereocenters. The molecule has 40 valence electrons. The molecule has 0 aliphatic rings. The Hall–Kier alpha value is 6.48. The van der Waals surface area contributed by atoms with Gasteiger partial charge in [0.05, 0.1) is 0 Å². The van der Waals surface area contributed by atoms with Gasteiger partial charge in [0.15, 0.2) is 0 Å². The van der Waals surface area contributed by atoms with Gasteiger partial charge in [0, 0.05) is 0 Å². The Bertz CT molecular complexity index is 12.9. The third-order valence-corrected chi connectivity index (χ3v) is 0. The summed E-state index contributed by atoms with van der Waals surface area (Å²) in [4.78, 5) is 0. The van der Waals surface area contributed by atoms with Crippen molar-refractivity contribution in [3.8, 4) is 0 Å². The fourth-order valence-electron chi connectivity index (χ4n) is 0. The molecule has 0 amide bonds. The number of rotatable bonds is 0. The second kappa shape index (κ2) is 62.7. The van der Waals surface area contributed by atoms with Crippen molar-refractivity contribution >= 4 is 143 Å². The van der Waals surface area contributed by atoms with Crippen molar-refractivity contribution < 1.29 is 65.4 Å². The molecule has 0 aromatic carbocycles. The maximum atomic E-state index is 0. The molecular weight excluding hydrogens is 418 g/mol. The summed E-state index contributed by atoms with van der Waals surface area (Å²) >= 11 is 0. The predicted octanol–water partition coefficient (Wildman–Crippen LogP) is -0.779. The van der Waals surface area contributed by atoms with E-state index in [4.69, 9.17) is 0 Å². The Morgan fingerprint density at radius 3 is 0.333 bits per heavy atom. The quantitative estimate of drug-likeness (QED) is 0.453. The van der Waals surface area contributed by atoms with E-state index in [1.807, 2.05) is 0 Å². The van der Waals surface area contributed by atoms with E-state index in [2.05, 4.69) is 0 Å². The minimum Gasteiger partial charge on any atom is -2.00 e. The van der Waals surface area contributed by atoms with Crippen molar-refractivity contribution in [3.63, 3.8) is 0 Å². The zero-order chi connectivity index (χ0) is 0. The van der Waals surface area contributed by atoms with Crippen molar-refractivity contribution in [2.24, 2.45) is 0 Å². The summed E-state index contributed by atoms with van der Waals surface area (Å²) in [6, 6.07) is 0. The second-order valence-electron chi connectivity index (χ2n) is 0. The van der Waals surface area contributed by atoms with Crippen LogP contribution in [-0.2, 0) is 133 Å². The van der Waals surface area contributed by atoms with E-state index < -0.39 is 0 Å². The predicted molar refractivity (Wildman–Crippen MR) is 48.3 cm³/mol. The van der Waals surface area contributed by atoms with Gasteiger partial charge < -0.3 is 67.5 Å². The summed E-state index contributed by atoms with van der Waals surface area (Å²) < 4.78 is 0. The van der Waals surface area contributed by atoms with Gasteiger partial charge in [-0.05, 0) is 0 Å². The molecule has 0 radical (unpaired) electrons. The van der Waals surface area contributed by atoms with Gasteiger partial charge >= 0.3 is 141 Å². The Morgan fingerprint density at radius 2 is 0.333 bits per heavy atom. The first kappa shape index (κ1) is 77.3. The van der Waals surface area contributed by atoms with Crippen LogP contribution in [0.1, 0.15) is 0 Å². The maximum absolute atomic E-state index is 0. The molecule has 0 nitrogen and oxygen atoms in total. The molecule has 0 aromatic heterocycles. The minimum absolute atomic E-state index is 0. The average Bonchev–Trinajstić information content (AvgIpc) is 0. The molecule has 0 aliphatic heterocycles. The summed E-state index contributed by atoms with van der Waals surface area (Å²) in [6.45, 7) is 0. The van der Waals surface area contributed by atoms with Gasteiger partial charge in [-0.2, -0.15) is 0 Å². The summed E-state index contributed by atoms with van der Waals surface area (Å²) in [5.41, 5.74) is 0. The molecule has 9 heavy (non-hydrogen) atoms. The number of hydrogen-bond acceptors (Lipinski definition) is 0. The molecular formula is Ca2S5Y2. The van der Waals surface area contributed by atoms with Crippen LogP contribution in [0.15, 0.2) is 0 Å². The standard InChI is InChI=1S/2Ca.5S.2Y/q2*+2;5*-2;2*+3. The van der Waals surface area contributed by atoms with E-state index in [0.29, 0.717) is 0 Å². The topological polar surface area (TPSA) is 0 Å². The minimum atomic E-state index is 0. The van der Waals surface area contributed by atoms with E-state index in [-0.39, 0.29) is 208 Å². The normalized spacial score (nSPS) is 0. The van der Waals surface area contributed by atoms with Gasteiger partial charge in [-0.3, -0.25) is 0 Å². The summed E-state index contributed by atoms with van der Waals surface area (Å²) in [7, 11) is 0. The van der Waals surface area contributed by atoms with Crippen LogP contribution in [0.2, 0.25) is 0 Å². The second-order valence-corrected chi connectivity index (χ2v) is 0. The zero-order valence-electron chi connectivity index (χ0n) is 4.61. The van der Waals surface area contributed by atoms with Gasteiger partial charge in [-0.25, -0.2) is 0 Å². The fraction of sp³-hybridized carbons (Fsp3) is 0. The van der Waals surface area contributed by atoms with Gasteiger partial charge in [-0.15, -0.1) is 0 Å². The summed E-state index contributed by atoms with van der Waals surface area (Å²) in [5.74, 6) is 0. The molecule has 0 atom stereocenters. The molecule has 0 aromatic rings. The van der Waals surface area contributed by atoms with Crippen LogP contribution in [0.4, 0.5) is 0 Å². The molecule has 0 spiro atoms. The van der Waals surface area contributed by atoms with Crippen molar-refractivity contribution in [1.29, 1.82) is 0 Å². The Labute approximate surface area is 202 Å². The van der Waals surface area contributed by atoms with E-state index in [1.165, 1.54) is 0 Å². The van der Waals surface area contributed by atoms with Crippen LogP contribution in [0.3, 0.4) is 0 Å². The third-order valence-electron chi connectivity index (χ3n) is 0. The van der Waals surface area contributed by atoms with Crippen LogP contribution < -0.4 is 0 Å². The summed E-state index contributed by atoms with van der Waals surface area (Å²) in [5, 5.41) is 0. The Kier molecular flexibility index (Phi) is 538. The SMILES string of the molecule is [Ca+2].[Ca+2].[S-2].[S-2].[S-2].[S-2].[S-2].[Y+3].[Y+3]. The molecule has 0 rings (SSSR count). The van der Waals surface area contributed by atoms with Crippen molar-refractivity contribution in [2.45, 2.75) is 0 Å². The van der Waals surface area contributed by atoms with Gasteiger partial charge in [0.2, 0.25) is 0 Å². The molecule has 0 bridgehead atoms. The van der Waals surface area contributed by atoms with Crippen LogP contribution >= 0.6 is 0 Å². The number of hydrogen-bond donors (Lipinski definition) is 0. The third kappa shape index (κ3) is 53.7. The summed E-state index contributed by atoms with van der Waals surface area (Å²) in [6.07, 6.45) is 0. The van der Waals surface area contributed by atoms with Crippen LogP contribution in [0, 0.1) is 0 Å². The van der Waals surface area contributed by atoms with Crippen molar-refractivity contribution in [2.75, 3.05) is 0 Å². The molecule has 9 heteroatoms. The average molecular weight is 418 g/mol. The fourth-order valence-corrected chi connectivity index (χ4v) is 0. The van der Waals surface area contributed by atoms with Gasteiger partial charge in [0.1, 0.15) is 0 Å². The van der Waals surface area contributed by atoms with E-state index in [0.717, 1.165) is 0 Å². The van der Waals surface area contributed by atoms with Gasteiger partial charge in [0.25, 0.3) is 0 Å². The van der Waals surface area contributed by atoms with Crippen LogP contribution in [0.5, 0.6) is 0 Å². The first-order valence-electron chi connectivity index (χ1n) is 0. The van der Waals surface area contributed by atoms with E-state index >= 15 is 0 Å².